The summed E-state index contributed by atoms with van der Waals surface area (Å²) in [6.07, 6.45) is 2.52. The number of ether oxygens (including phenoxy) is 2. The van der Waals surface area contributed by atoms with Crippen molar-refractivity contribution in [1.82, 2.24) is 5.32 Å². The van der Waals surface area contributed by atoms with Crippen molar-refractivity contribution < 1.29 is 19.4 Å². The van der Waals surface area contributed by atoms with Crippen LogP contribution in [0.5, 0.6) is 11.5 Å². The Morgan fingerprint density at radius 3 is 2.54 bits per heavy atom. The third-order valence-corrected chi connectivity index (χ3v) is 5.48. The van der Waals surface area contributed by atoms with E-state index in [1.165, 1.54) is 0 Å². The van der Waals surface area contributed by atoms with Crippen molar-refractivity contribution in [3.05, 3.63) is 57.6 Å². The molecule has 1 atom stereocenters. The van der Waals surface area contributed by atoms with Gasteiger partial charge in [0.15, 0.2) is 11.5 Å². The largest absolute Gasteiger partial charge is 0.493 e. The van der Waals surface area contributed by atoms with Gasteiger partial charge in [0.2, 0.25) is 0 Å². The lowest BCUT2D eigenvalue weighted by Crippen LogP contribution is -2.36. The van der Waals surface area contributed by atoms with E-state index >= 15 is 0 Å². The lowest BCUT2D eigenvalue weighted by Gasteiger charge is -2.16. The van der Waals surface area contributed by atoms with Crippen LogP contribution in [0.25, 0.3) is 0 Å². The van der Waals surface area contributed by atoms with Gasteiger partial charge in [0.25, 0.3) is 0 Å². The van der Waals surface area contributed by atoms with E-state index in [9.17, 15) is 9.90 Å². The molecule has 0 saturated heterocycles. The molecule has 0 bridgehead atoms. The van der Waals surface area contributed by atoms with E-state index in [2.05, 4.69) is 5.32 Å². The zero-order chi connectivity index (χ0) is 20.5. The van der Waals surface area contributed by atoms with Gasteiger partial charge in [-0.05, 0) is 48.3 Å². The van der Waals surface area contributed by atoms with Crippen LogP contribution in [0, 0.1) is 0 Å². The Morgan fingerprint density at radius 2 is 1.93 bits per heavy atom. The number of carboxylic acid groups (broad SMARTS) is 1. The number of carboxylic acids is 1. The summed E-state index contributed by atoms with van der Waals surface area (Å²) in [5, 5.41) is 13.5. The van der Waals surface area contributed by atoms with Crippen LogP contribution in [-0.4, -0.2) is 36.2 Å². The standard InChI is InChI=1S/C20H23Cl2NO4S/c1-26-19-10-13(11-23-17(20(24)25)8-9-28-2)6-7-18(19)27-12-14-15(21)4-3-5-16(14)22/h3-7,10,17,23H,8-9,11-12H2,1-2H3,(H,24,25). The maximum atomic E-state index is 11.3. The Kier molecular flexibility index (Phi) is 9.25. The molecular formula is C20H23Cl2NO4S. The SMILES string of the molecule is COc1cc(CNC(CCSC)C(=O)O)ccc1OCc1c(Cl)cccc1Cl. The molecule has 2 rings (SSSR count). The first-order valence-electron chi connectivity index (χ1n) is 8.64. The summed E-state index contributed by atoms with van der Waals surface area (Å²) >= 11 is 14.0. The van der Waals surface area contributed by atoms with Crippen LogP contribution in [0.1, 0.15) is 17.5 Å². The Hall–Kier alpha value is -1.60. The highest BCUT2D eigenvalue weighted by molar-refractivity contribution is 7.98. The van der Waals surface area contributed by atoms with Crippen LogP contribution in [0.15, 0.2) is 36.4 Å². The Labute approximate surface area is 179 Å². The van der Waals surface area contributed by atoms with Gasteiger partial charge in [0.05, 0.1) is 7.11 Å². The number of hydrogen-bond acceptors (Lipinski definition) is 5. The predicted molar refractivity (Wildman–Crippen MR) is 115 cm³/mol. The lowest BCUT2D eigenvalue weighted by atomic mass is 10.1. The molecule has 2 aromatic rings. The molecule has 0 aliphatic carbocycles. The number of benzene rings is 2. The third-order valence-electron chi connectivity index (χ3n) is 4.12. The summed E-state index contributed by atoms with van der Waals surface area (Å²) in [5.41, 5.74) is 1.60. The number of aliphatic carboxylic acids is 1. The highest BCUT2D eigenvalue weighted by Crippen LogP contribution is 2.31. The third kappa shape index (κ3) is 6.48. The minimum absolute atomic E-state index is 0.211. The van der Waals surface area contributed by atoms with E-state index in [1.807, 2.05) is 18.4 Å². The Balaban J connectivity index is 2.04. The second-order valence-corrected chi connectivity index (χ2v) is 7.83. The molecule has 0 amide bonds. The molecule has 28 heavy (non-hydrogen) atoms. The molecule has 0 aliphatic rings. The highest BCUT2D eigenvalue weighted by atomic mass is 35.5. The predicted octanol–water partition coefficient (Wildman–Crippen LogP) is 4.88. The fraction of sp³-hybridized carbons (Fsp3) is 0.350. The monoisotopic (exact) mass is 443 g/mol. The summed E-state index contributed by atoms with van der Waals surface area (Å²) in [6.45, 7) is 0.626. The van der Waals surface area contributed by atoms with E-state index in [4.69, 9.17) is 32.7 Å². The number of methoxy groups -OCH3 is 1. The minimum atomic E-state index is -0.849. The molecule has 152 valence electrons. The van der Waals surface area contributed by atoms with Crippen molar-refractivity contribution in [3.63, 3.8) is 0 Å². The molecule has 0 spiro atoms. The van der Waals surface area contributed by atoms with E-state index in [-0.39, 0.29) is 6.61 Å². The smallest absolute Gasteiger partial charge is 0.320 e. The molecule has 8 heteroatoms. The van der Waals surface area contributed by atoms with Crippen molar-refractivity contribution in [2.75, 3.05) is 19.1 Å². The molecule has 2 N–H and O–H groups in total. The highest BCUT2D eigenvalue weighted by Gasteiger charge is 2.16. The molecule has 0 fully saturated rings. The topological polar surface area (TPSA) is 67.8 Å². The van der Waals surface area contributed by atoms with Gasteiger partial charge in [-0.1, -0.05) is 35.3 Å². The average molecular weight is 444 g/mol. The quantitative estimate of drug-likeness (QED) is 0.515. The van der Waals surface area contributed by atoms with E-state index in [0.29, 0.717) is 40.1 Å². The molecule has 0 saturated carbocycles. The molecular weight excluding hydrogens is 421 g/mol. The second kappa shape index (κ2) is 11.4. The maximum Gasteiger partial charge on any atom is 0.320 e. The van der Waals surface area contributed by atoms with Gasteiger partial charge in [-0.2, -0.15) is 11.8 Å². The average Bonchev–Trinajstić information content (AvgIpc) is 2.67. The van der Waals surface area contributed by atoms with Crippen molar-refractivity contribution in [2.24, 2.45) is 0 Å². The molecule has 0 aliphatic heterocycles. The molecule has 5 nitrogen and oxygen atoms in total. The van der Waals surface area contributed by atoms with E-state index < -0.39 is 12.0 Å². The van der Waals surface area contributed by atoms with Crippen molar-refractivity contribution in [3.8, 4) is 11.5 Å². The number of nitrogens with one attached hydrogen (secondary N) is 1. The fourth-order valence-electron chi connectivity index (χ4n) is 2.55. The maximum absolute atomic E-state index is 11.3. The number of thioether (sulfide) groups is 1. The Bertz CT molecular complexity index is 784. The van der Waals surface area contributed by atoms with Crippen LogP contribution in [-0.2, 0) is 17.9 Å². The summed E-state index contributed by atoms with van der Waals surface area (Å²) in [5.74, 6) is 1.04. The van der Waals surface area contributed by atoms with Gasteiger partial charge in [0.1, 0.15) is 12.6 Å². The van der Waals surface area contributed by atoms with E-state index in [1.54, 1.807) is 43.1 Å². The van der Waals surface area contributed by atoms with Crippen LogP contribution in [0.4, 0.5) is 0 Å². The number of hydrogen-bond donors (Lipinski definition) is 2. The van der Waals surface area contributed by atoms with Gasteiger partial charge in [-0.15, -0.1) is 0 Å². The first kappa shape index (κ1) is 22.7. The number of rotatable bonds is 11. The van der Waals surface area contributed by atoms with Gasteiger partial charge in [0, 0.05) is 22.2 Å². The molecule has 0 aromatic heterocycles. The number of carbonyl (C=O) groups is 1. The molecule has 1 unspecified atom stereocenters. The molecule has 2 aromatic carbocycles. The van der Waals surface area contributed by atoms with Crippen LogP contribution in [0.2, 0.25) is 10.0 Å². The molecule has 0 radical (unpaired) electrons. The number of halogens is 2. The zero-order valence-corrected chi connectivity index (χ0v) is 18.0. The van der Waals surface area contributed by atoms with Crippen molar-refractivity contribution in [1.29, 1.82) is 0 Å². The summed E-state index contributed by atoms with van der Waals surface area (Å²) in [4.78, 5) is 11.3. The van der Waals surface area contributed by atoms with Crippen molar-refractivity contribution >= 4 is 40.9 Å². The van der Waals surface area contributed by atoms with Gasteiger partial charge in [-0.3, -0.25) is 4.79 Å². The lowest BCUT2D eigenvalue weighted by molar-refractivity contribution is -0.139. The first-order chi connectivity index (χ1) is 13.5. The normalized spacial score (nSPS) is 11.9. The summed E-state index contributed by atoms with van der Waals surface area (Å²) < 4.78 is 11.3. The van der Waals surface area contributed by atoms with Crippen molar-refractivity contribution in [2.45, 2.75) is 25.6 Å². The minimum Gasteiger partial charge on any atom is -0.493 e. The fourth-order valence-corrected chi connectivity index (χ4v) is 3.53. The Morgan fingerprint density at radius 1 is 1.21 bits per heavy atom. The van der Waals surface area contributed by atoms with Gasteiger partial charge >= 0.3 is 5.97 Å². The van der Waals surface area contributed by atoms with E-state index in [0.717, 1.165) is 11.3 Å². The molecule has 0 heterocycles. The van der Waals surface area contributed by atoms with Crippen LogP contribution < -0.4 is 14.8 Å². The van der Waals surface area contributed by atoms with Gasteiger partial charge < -0.3 is 19.9 Å². The second-order valence-electron chi connectivity index (χ2n) is 6.03. The summed E-state index contributed by atoms with van der Waals surface area (Å²) in [6, 6.07) is 10.2. The first-order valence-corrected chi connectivity index (χ1v) is 10.8. The van der Waals surface area contributed by atoms with Crippen LogP contribution >= 0.6 is 35.0 Å². The van der Waals surface area contributed by atoms with Gasteiger partial charge in [-0.25, -0.2) is 0 Å². The summed E-state index contributed by atoms with van der Waals surface area (Å²) in [7, 11) is 1.56. The zero-order valence-electron chi connectivity index (χ0n) is 15.7. The van der Waals surface area contributed by atoms with Crippen LogP contribution in [0.3, 0.4) is 0 Å².